The maximum Gasteiger partial charge on any atom is 0.259 e. The molecule has 3 nitrogen and oxygen atoms in total. The number of para-hydroxylation sites is 2. The van der Waals surface area contributed by atoms with Crippen molar-refractivity contribution in [2.45, 2.75) is 19.9 Å². The van der Waals surface area contributed by atoms with Crippen LogP contribution in [0.4, 0.5) is 15.8 Å². The Kier molecular flexibility index (Phi) is 6.13. The maximum atomic E-state index is 13.7. The highest BCUT2D eigenvalue weighted by atomic mass is 19.1. The van der Waals surface area contributed by atoms with Gasteiger partial charge in [0.15, 0.2) is 0 Å². The van der Waals surface area contributed by atoms with Crippen molar-refractivity contribution < 1.29 is 9.18 Å². The van der Waals surface area contributed by atoms with Crippen molar-refractivity contribution in [1.82, 2.24) is 0 Å². The van der Waals surface area contributed by atoms with Gasteiger partial charge in [0.2, 0.25) is 0 Å². The van der Waals surface area contributed by atoms with Gasteiger partial charge in [-0.1, -0.05) is 48.5 Å². The molecule has 29 heavy (non-hydrogen) atoms. The molecule has 1 amide bonds. The van der Waals surface area contributed by atoms with Crippen LogP contribution in [0.2, 0.25) is 0 Å². The van der Waals surface area contributed by atoms with Gasteiger partial charge in [-0.2, -0.15) is 0 Å². The summed E-state index contributed by atoms with van der Waals surface area (Å²) in [4.78, 5) is 15.3. The van der Waals surface area contributed by atoms with Crippen molar-refractivity contribution >= 4 is 28.9 Å². The molecule has 4 heteroatoms. The summed E-state index contributed by atoms with van der Waals surface area (Å²) in [6, 6.07) is 20.2. The van der Waals surface area contributed by atoms with E-state index in [9.17, 15) is 9.18 Å². The second kappa shape index (κ2) is 8.74. The van der Waals surface area contributed by atoms with Crippen LogP contribution in [0.5, 0.6) is 0 Å². The number of halogens is 1. The van der Waals surface area contributed by atoms with Crippen molar-refractivity contribution in [3.63, 3.8) is 0 Å². The Morgan fingerprint density at radius 1 is 1.00 bits per heavy atom. The molecule has 0 atom stereocenters. The number of nitrogens with two attached hydrogens (primary N) is 1. The van der Waals surface area contributed by atoms with E-state index in [1.165, 1.54) is 12.1 Å². The lowest BCUT2D eigenvalue weighted by atomic mass is 9.99. The summed E-state index contributed by atoms with van der Waals surface area (Å²) in [5, 5.41) is 0. The third-order valence-electron chi connectivity index (χ3n) is 4.56. The zero-order chi connectivity index (χ0) is 21.0. The summed E-state index contributed by atoms with van der Waals surface area (Å²) >= 11 is 0. The van der Waals surface area contributed by atoms with Crippen LogP contribution >= 0.6 is 0 Å². The van der Waals surface area contributed by atoms with Crippen LogP contribution in [0, 0.1) is 12.7 Å². The predicted octanol–water partition coefficient (Wildman–Crippen LogP) is 5.45. The molecule has 0 aliphatic rings. The molecule has 3 aromatic carbocycles. The Bertz CT molecular complexity index is 1020. The van der Waals surface area contributed by atoms with E-state index in [-0.39, 0.29) is 17.8 Å². The zero-order valence-electron chi connectivity index (χ0n) is 16.5. The summed E-state index contributed by atoms with van der Waals surface area (Å²) in [5.74, 6) is -0.581. The van der Waals surface area contributed by atoms with E-state index in [4.69, 9.17) is 12.7 Å². The zero-order valence-corrected chi connectivity index (χ0v) is 16.5. The van der Waals surface area contributed by atoms with Gasteiger partial charge >= 0.3 is 0 Å². The summed E-state index contributed by atoms with van der Waals surface area (Å²) in [5.41, 5.74) is 9.81. The van der Waals surface area contributed by atoms with Gasteiger partial charge in [0.05, 0.1) is 11.4 Å². The molecule has 0 fully saturated rings. The second-order valence-electron chi connectivity index (χ2n) is 7.06. The van der Waals surface area contributed by atoms with Crippen molar-refractivity contribution in [3.8, 4) is 0 Å². The van der Waals surface area contributed by atoms with Crippen molar-refractivity contribution in [1.29, 1.82) is 0 Å². The van der Waals surface area contributed by atoms with Gasteiger partial charge < -0.3 is 10.6 Å². The molecule has 0 saturated carbocycles. The third kappa shape index (κ3) is 4.72. The third-order valence-corrected chi connectivity index (χ3v) is 4.56. The molecular formula is C25H23FN2O. The lowest BCUT2D eigenvalue weighted by molar-refractivity contribution is -0.113. The number of amides is 1. The highest BCUT2D eigenvalue weighted by Crippen LogP contribution is 2.30. The van der Waals surface area contributed by atoms with Gasteiger partial charge in [0, 0.05) is 11.6 Å². The molecule has 0 aromatic heterocycles. The largest absolute Gasteiger partial charge is 0.397 e. The molecule has 0 unspecified atom stereocenters. The van der Waals surface area contributed by atoms with Crippen molar-refractivity contribution in [2.75, 3.05) is 10.6 Å². The van der Waals surface area contributed by atoms with Gasteiger partial charge in [0.25, 0.3) is 5.91 Å². The Morgan fingerprint density at radius 2 is 1.62 bits per heavy atom. The highest BCUT2D eigenvalue weighted by molar-refractivity contribution is 6.30. The van der Waals surface area contributed by atoms with Crippen molar-refractivity contribution in [2.24, 2.45) is 0 Å². The minimum Gasteiger partial charge on any atom is -0.397 e. The molecule has 0 aliphatic heterocycles. The molecule has 3 rings (SSSR count). The van der Waals surface area contributed by atoms with Crippen LogP contribution in [-0.4, -0.2) is 11.9 Å². The number of rotatable bonds is 5. The fraction of sp³-hybridized carbons (Fsp3) is 0.120. The number of anilines is 2. The van der Waals surface area contributed by atoms with Crippen LogP contribution in [-0.2, 0) is 4.79 Å². The van der Waals surface area contributed by atoms with Crippen LogP contribution < -0.4 is 10.6 Å². The SMILES string of the molecule is [CH]c1ccc(C=C(C(=O)N(c2ccccc2N)C(C)C)c2ccc(F)cc2)cc1. The lowest BCUT2D eigenvalue weighted by Gasteiger charge is -2.29. The summed E-state index contributed by atoms with van der Waals surface area (Å²) in [7, 11) is 0. The monoisotopic (exact) mass is 386 g/mol. The van der Waals surface area contributed by atoms with E-state index in [1.807, 2.05) is 44.2 Å². The normalized spacial score (nSPS) is 11.6. The van der Waals surface area contributed by atoms with Gasteiger partial charge in [-0.05, 0) is 67.8 Å². The summed E-state index contributed by atoms with van der Waals surface area (Å²) < 4.78 is 13.5. The van der Waals surface area contributed by atoms with Gasteiger partial charge in [0.1, 0.15) is 5.82 Å². The lowest BCUT2D eigenvalue weighted by Crippen LogP contribution is -2.38. The molecule has 0 spiro atoms. The molecule has 0 bridgehead atoms. The standard InChI is InChI=1S/C25H23FN2O/c1-17(2)28(24-7-5-4-6-23(24)27)25(29)22(20-12-14-21(26)15-13-20)16-19-10-8-18(3)9-11-19/h3-17H,27H2,1-2H3. The predicted molar refractivity (Wildman–Crippen MR) is 118 cm³/mol. The first-order chi connectivity index (χ1) is 13.9. The first kappa shape index (κ1) is 20.3. The highest BCUT2D eigenvalue weighted by Gasteiger charge is 2.25. The summed E-state index contributed by atoms with van der Waals surface area (Å²) in [6.07, 6.45) is 1.78. The molecule has 3 aromatic rings. The molecule has 0 heterocycles. The van der Waals surface area contributed by atoms with Crippen LogP contribution in [0.3, 0.4) is 0 Å². The minimum absolute atomic E-state index is 0.137. The molecule has 2 radical (unpaired) electrons. The number of nitrogen functional groups attached to an aromatic ring is 1. The number of carbonyl (C=O) groups excluding carboxylic acids is 1. The van der Waals surface area contributed by atoms with E-state index in [0.29, 0.717) is 28.1 Å². The van der Waals surface area contributed by atoms with E-state index in [0.717, 1.165) is 5.56 Å². The number of carbonyl (C=O) groups is 1. The Morgan fingerprint density at radius 3 is 2.21 bits per heavy atom. The number of benzene rings is 3. The van der Waals surface area contributed by atoms with E-state index >= 15 is 0 Å². The molecule has 0 aliphatic carbocycles. The Hall–Kier alpha value is -3.40. The van der Waals surface area contributed by atoms with Gasteiger partial charge in [-0.15, -0.1) is 0 Å². The molecular weight excluding hydrogens is 363 g/mol. The smallest absolute Gasteiger partial charge is 0.259 e. The topological polar surface area (TPSA) is 46.3 Å². The van der Waals surface area contributed by atoms with Crippen LogP contribution in [0.25, 0.3) is 11.6 Å². The molecule has 2 N–H and O–H groups in total. The van der Waals surface area contributed by atoms with Crippen LogP contribution in [0.1, 0.15) is 30.5 Å². The minimum atomic E-state index is -0.360. The second-order valence-corrected chi connectivity index (χ2v) is 7.06. The van der Waals surface area contributed by atoms with Gasteiger partial charge in [-0.3, -0.25) is 4.79 Å². The Labute approximate surface area is 171 Å². The Balaban J connectivity index is 2.13. The average Bonchev–Trinajstić information content (AvgIpc) is 2.70. The summed E-state index contributed by atoms with van der Waals surface area (Å²) in [6.45, 7) is 9.63. The quantitative estimate of drug-likeness (QED) is 0.360. The molecule has 146 valence electrons. The van der Waals surface area contributed by atoms with Crippen molar-refractivity contribution in [3.05, 3.63) is 102 Å². The first-order valence-corrected chi connectivity index (χ1v) is 9.38. The average molecular weight is 386 g/mol. The number of hydrogen-bond acceptors (Lipinski definition) is 2. The fourth-order valence-electron chi connectivity index (χ4n) is 3.12. The number of hydrogen-bond donors (Lipinski definition) is 1. The van der Waals surface area contributed by atoms with E-state index < -0.39 is 0 Å². The number of nitrogens with zero attached hydrogens (tertiary/aromatic N) is 1. The maximum absolute atomic E-state index is 13.7. The van der Waals surface area contributed by atoms with E-state index in [1.54, 1.807) is 41.3 Å². The van der Waals surface area contributed by atoms with Crippen LogP contribution in [0.15, 0.2) is 72.8 Å². The fourth-order valence-corrected chi connectivity index (χ4v) is 3.12. The molecule has 0 saturated heterocycles. The van der Waals surface area contributed by atoms with E-state index in [2.05, 4.69) is 0 Å². The van der Waals surface area contributed by atoms with Gasteiger partial charge in [-0.25, -0.2) is 4.39 Å². The first-order valence-electron chi connectivity index (χ1n) is 9.38.